The Morgan fingerprint density at radius 3 is 2.96 bits per heavy atom. The van der Waals surface area contributed by atoms with Crippen LogP contribution in [0.3, 0.4) is 0 Å². The Kier molecular flexibility index (Phi) is 8.38. The van der Waals surface area contributed by atoms with Crippen LogP contribution in [0, 0.1) is 0 Å². The summed E-state index contributed by atoms with van der Waals surface area (Å²) in [5.74, 6) is -0.548. The first-order valence-electron chi connectivity index (χ1n) is 8.47. The van der Waals surface area contributed by atoms with E-state index in [2.05, 4.69) is 20.9 Å². The highest BCUT2D eigenvalue weighted by molar-refractivity contribution is 9.11. The van der Waals surface area contributed by atoms with Crippen molar-refractivity contribution in [3.63, 3.8) is 0 Å². The van der Waals surface area contributed by atoms with Crippen molar-refractivity contribution in [3.8, 4) is 0 Å². The molecule has 5 N–H and O–H groups in total. The van der Waals surface area contributed by atoms with Crippen LogP contribution in [0.25, 0.3) is 6.08 Å². The predicted octanol–water partition coefficient (Wildman–Crippen LogP) is -0.227. The van der Waals surface area contributed by atoms with Gasteiger partial charge in [0.25, 0.3) is 5.56 Å². The molecule has 1 saturated heterocycles. The summed E-state index contributed by atoms with van der Waals surface area (Å²) in [6.45, 7) is 0.463. The molecule has 1 aromatic rings. The number of carbonyl (C=O) groups excluding carboxylic acids is 1. The Hall–Kier alpha value is -1.79. The summed E-state index contributed by atoms with van der Waals surface area (Å²) >= 11 is 3.08. The molecule has 0 saturated carbocycles. The number of halogens is 1. The number of nitrogens with one attached hydrogen (secondary N) is 1. The summed E-state index contributed by atoms with van der Waals surface area (Å²) in [5.41, 5.74) is 10.3. The maximum Gasteiger partial charge on any atom is 0.330 e. The van der Waals surface area contributed by atoms with Crippen LogP contribution in [0.1, 0.15) is 31.1 Å². The van der Waals surface area contributed by atoms with Gasteiger partial charge in [0.15, 0.2) is 12.5 Å². The summed E-state index contributed by atoms with van der Waals surface area (Å²) in [7, 11) is 0. The number of carbonyl (C=O) groups is 1. The molecule has 27 heavy (non-hydrogen) atoms. The molecular weight excluding hydrogens is 424 g/mol. The second-order valence-electron chi connectivity index (χ2n) is 5.92. The van der Waals surface area contributed by atoms with Crippen LogP contribution in [0.2, 0.25) is 0 Å². The maximum atomic E-state index is 12.0. The van der Waals surface area contributed by atoms with Crippen molar-refractivity contribution in [1.29, 1.82) is 0 Å². The first-order valence-corrected chi connectivity index (χ1v) is 9.39. The Balaban J connectivity index is 1.90. The lowest BCUT2D eigenvalue weighted by Crippen LogP contribution is -2.35. The Morgan fingerprint density at radius 2 is 2.26 bits per heavy atom. The molecule has 1 aliphatic heterocycles. The largest absolute Gasteiger partial charge is 0.459 e. The molecule has 0 radical (unpaired) electrons. The Labute approximate surface area is 163 Å². The van der Waals surface area contributed by atoms with E-state index in [1.54, 1.807) is 0 Å². The third-order valence-corrected chi connectivity index (χ3v) is 4.18. The van der Waals surface area contributed by atoms with E-state index in [0.717, 1.165) is 12.8 Å². The zero-order valence-electron chi connectivity index (χ0n) is 14.6. The van der Waals surface area contributed by atoms with Gasteiger partial charge in [-0.2, -0.15) is 0 Å². The minimum absolute atomic E-state index is 0.0637. The van der Waals surface area contributed by atoms with Gasteiger partial charge in [0.1, 0.15) is 12.6 Å². The SMILES string of the molecule is NCCCC[C@H](N)C(=O)OC[C@H]1OC[C@@H](n2cc(/C=C/Br)c(=O)[nH]c2=O)O1. The molecule has 1 aliphatic rings. The fraction of sp³-hybridized carbons (Fsp3) is 0.562. The number of aromatic nitrogens is 2. The first-order chi connectivity index (χ1) is 13.0. The predicted molar refractivity (Wildman–Crippen MR) is 101 cm³/mol. The number of hydrogen-bond acceptors (Lipinski definition) is 8. The fourth-order valence-electron chi connectivity index (χ4n) is 2.46. The number of H-pyrrole nitrogens is 1. The smallest absolute Gasteiger partial charge is 0.330 e. The molecule has 10 nitrogen and oxygen atoms in total. The molecule has 11 heteroatoms. The maximum absolute atomic E-state index is 12.0. The van der Waals surface area contributed by atoms with Gasteiger partial charge in [-0.3, -0.25) is 19.1 Å². The Bertz CT molecular complexity index is 777. The van der Waals surface area contributed by atoms with Crippen molar-refractivity contribution in [3.05, 3.63) is 37.6 Å². The summed E-state index contributed by atoms with van der Waals surface area (Å²) in [6.07, 6.45) is 3.30. The van der Waals surface area contributed by atoms with Gasteiger partial charge in [0.05, 0.1) is 12.2 Å². The normalized spacial score (nSPS) is 20.9. The molecule has 2 heterocycles. The summed E-state index contributed by atoms with van der Waals surface area (Å²) < 4.78 is 17.3. The van der Waals surface area contributed by atoms with Crippen LogP contribution in [-0.4, -0.2) is 47.6 Å². The van der Waals surface area contributed by atoms with Gasteiger partial charge in [-0.05, 0) is 30.4 Å². The van der Waals surface area contributed by atoms with Crippen molar-refractivity contribution in [2.45, 2.75) is 37.8 Å². The Morgan fingerprint density at radius 1 is 1.48 bits per heavy atom. The summed E-state index contributed by atoms with van der Waals surface area (Å²) in [6, 6.07) is -0.728. The number of aromatic amines is 1. The third kappa shape index (κ3) is 6.11. The number of ether oxygens (including phenoxy) is 3. The van der Waals surface area contributed by atoms with Gasteiger partial charge in [-0.1, -0.05) is 22.4 Å². The lowest BCUT2D eigenvalue weighted by Gasteiger charge is -2.15. The third-order valence-electron chi connectivity index (χ3n) is 3.92. The van der Waals surface area contributed by atoms with E-state index in [4.69, 9.17) is 25.7 Å². The fourth-order valence-corrected chi connectivity index (χ4v) is 2.75. The van der Waals surface area contributed by atoms with E-state index in [1.165, 1.54) is 21.8 Å². The highest BCUT2D eigenvalue weighted by Gasteiger charge is 2.30. The second-order valence-corrected chi connectivity index (χ2v) is 6.45. The van der Waals surface area contributed by atoms with Gasteiger partial charge >= 0.3 is 11.7 Å². The molecule has 0 bridgehead atoms. The first kappa shape index (κ1) is 21.5. The quantitative estimate of drug-likeness (QED) is 0.347. The van der Waals surface area contributed by atoms with Crippen molar-refractivity contribution in [1.82, 2.24) is 9.55 Å². The van der Waals surface area contributed by atoms with Gasteiger partial charge in [0.2, 0.25) is 0 Å². The monoisotopic (exact) mass is 446 g/mol. The average molecular weight is 447 g/mol. The van der Waals surface area contributed by atoms with Gasteiger partial charge in [-0.15, -0.1) is 0 Å². The van der Waals surface area contributed by atoms with Crippen molar-refractivity contribution in [2.24, 2.45) is 11.5 Å². The van der Waals surface area contributed by atoms with Crippen LogP contribution in [-0.2, 0) is 19.0 Å². The standard InChI is InChI=1S/C16H23BrN4O6/c17-5-4-10-7-21(16(24)20-14(10)22)12-8-25-13(27-12)9-26-15(23)11(19)3-1-2-6-18/h4-5,7,11-13H,1-3,6,8-9,18-19H2,(H,20,22,24)/b5-4+/t11-,12-,13-/m0/s1. The highest BCUT2D eigenvalue weighted by Crippen LogP contribution is 2.20. The number of hydrogen-bond donors (Lipinski definition) is 3. The molecule has 2 rings (SSSR count). The number of rotatable bonds is 9. The summed E-state index contributed by atoms with van der Waals surface area (Å²) in [5, 5.41) is 0. The molecule has 0 aromatic carbocycles. The molecular formula is C16H23BrN4O6. The van der Waals surface area contributed by atoms with Gasteiger partial charge < -0.3 is 25.7 Å². The van der Waals surface area contributed by atoms with E-state index in [1.807, 2.05) is 0 Å². The molecule has 3 atom stereocenters. The topological polar surface area (TPSA) is 152 Å². The number of unbranched alkanes of at least 4 members (excludes halogenated alkanes) is 1. The number of esters is 1. The van der Waals surface area contributed by atoms with Crippen LogP contribution in [0.4, 0.5) is 0 Å². The van der Waals surface area contributed by atoms with E-state index in [-0.39, 0.29) is 18.8 Å². The zero-order valence-corrected chi connectivity index (χ0v) is 16.2. The highest BCUT2D eigenvalue weighted by atomic mass is 79.9. The lowest BCUT2D eigenvalue weighted by molar-refractivity contribution is -0.160. The molecule has 1 aromatic heterocycles. The van der Waals surface area contributed by atoms with E-state index in [0.29, 0.717) is 13.0 Å². The van der Waals surface area contributed by atoms with E-state index < -0.39 is 35.8 Å². The van der Waals surface area contributed by atoms with E-state index >= 15 is 0 Å². The molecule has 0 aliphatic carbocycles. The number of nitrogens with two attached hydrogens (primary N) is 2. The van der Waals surface area contributed by atoms with Crippen molar-refractivity contribution < 1.29 is 19.0 Å². The average Bonchev–Trinajstić information content (AvgIpc) is 3.10. The second kappa shape index (κ2) is 10.5. The van der Waals surface area contributed by atoms with Crippen molar-refractivity contribution >= 4 is 28.0 Å². The van der Waals surface area contributed by atoms with Crippen LogP contribution in [0.15, 0.2) is 20.8 Å². The minimum atomic E-state index is -0.829. The van der Waals surface area contributed by atoms with Gasteiger partial charge in [0, 0.05) is 6.20 Å². The molecule has 0 unspecified atom stereocenters. The molecule has 150 valence electrons. The lowest BCUT2D eigenvalue weighted by atomic mass is 10.1. The summed E-state index contributed by atoms with van der Waals surface area (Å²) in [4.78, 5) is 39.3. The van der Waals surface area contributed by atoms with Crippen LogP contribution in [0.5, 0.6) is 0 Å². The van der Waals surface area contributed by atoms with Crippen LogP contribution >= 0.6 is 15.9 Å². The number of nitrogens with zero attached hydrogens (tertiary/aromatic N) is 1. The minimum Gasteiger partial charge on any atom is -0.459 e. The molecule has 0 amide bonds. The van der Waals surface area contributed by atoms with Gasteiger partial charge in [-0.25, -0.2) is 4.79 Å². The van der Waals surface area contributed by atoms with E-state index in [9.17, 15) is 14.4 Å². The van der Waals surface area contributed by atoms with Crippen molar-refractivity contribution in [2.75, 3.05) is 19.8 Å². The molecule has 1 fully saturated rings. The van der Waals surface area contributed by atoms with Crippen LogP contribution < -0.4 is 22.7 Å². The molecule has 0 spiro atoms. The zero-order chi connectivity index (χ0) is 19.8.